The SMILES string of the molecule is CC[C@H]1CN(S(=O)(=O)c2ccccc2)CC[C@H]1CC(=O)N1CCC(C(=O)OC)CC1. The third-order valence-corrected chi connectivity index (χ3v) is 8.46. The van der Waals surface area contributed by atoms with Gasteiger partial charge in [0, 0.05) is 32.6 Å². The molecule has 8 heteroatoms. The molecule has 2 atom stereocenters. The quantitative estimate of drug-likeness (QED) is 0.640. The van der Waals surface area contributed by atoms with Crippen LogP contribution in [-0.4, -0.2) is 62.8 Å². The number of piperidine rings is 2. The van der Waals surface area contributed by atoms with Gasteiger partial charge in [-0.25, -0.2) is 8.42 Å². The van der Waals surface area contributed by atoms with Gasteiger partial charge < -0.3 is 9.64 Å². The summed E-state index contributed by atoms with van der Waals surface area (Å²) in [5, 5.41) is 0. The zero-order chi connectivity index (χ0) is 21.7. The normalized spacial score (nSPS) is 23.9. The summed E-state index contributed by atoms with van der Waals surface area (Å²) in [4.78, 5) is 26.7. The number of hydrogen-bond acceptors (Lipinski definition) is 5. The summed E-state index contributed by atoms with van der Waals surface area (Å²) in [6.07, 6.45) is 3.26. The maximum Gasteiger partial charge on any atom is 0.308 e. The highest BCUT2D eigenvalue weighted by Crippen LogP contribution is 2.33. The van der Waals surface area contributed by atoms with E-state index >= 15 is 0 Å². The molecule has 2 aliphatic rings. The third kappa shape index (κ3) is 5.03. The molecule has 0 radical (unpaired) electrons. The van der Waals surface area contributed by atoms with Crippen LogP contribution in [0.4, 0.5) is 0 Å². The molecule has 2 heterocycles. The molecule has 3 rings (SSSR count). The Morgan fingerprint density at radius 3 is 2.30 bits per heavy atom. The summed E-state index contributed by atoms with van der Waals surface area (Å²) in [7, 11) is -2.10. The number of benzene rings is 1. The lowest BCUT2D eigenvalue weighted by atomic mass is 9.82. The summed E-state index contributed by atoms with van der Waals surface area (Å²) >= 11 is 0. The van der Waals surface area contributed by atoms with Crippen molar-refractivity contribution in [3.05, 3.63) is 30.3 Å². The number of rotatable bonds is 6. The van der Waals surface area contributed by atoms with Crippen molar-refractivity contribution in [2.75, 3.05) is 33.3 Å². The molecule has 1 aromatic carbocycles. The number of sulfonamides is 1. The van der Waals surface area contributed by atoms with Gasteiger partial charge in [-0.05, 0) is 43.2 Å². The van der Waals surface area contributed by atoms with E-state index in [0.29, 0.717) is 56.8 Å². The van der Waals surface area contributed by atoms with Crippen LogP contribution in [0.3, 0.4) is 0 Å². The number of carbonyl (C=O) groups is 2. The first-order valence-electron chi connectivity index (χ1n) is 10.8. The van der Waals surface area contributed by atoms with Crippen molar-refractivity contribution < 1.29 is 22.7 Å². The molecule has 0 unspecified atom stereocenters. The van der Waals surface area contributed by atoms with Crippen molar-refractivity contribution in [2.24, 2.45) is 17.8 Å². The van der Waals surface area contributed by atoms with Crippen LogP contribution in [0.25, 0.3) is 0 Å². The van der Waals surface area contributed by atoms with Crippen molar-refractivity contribution in [1.82, 2.24) is 9.21 Å². The summed E-state index contributed by atoms with van der Waals surface area (Å²) in [5.41, 5.74) is 0. The van der Waals surface area contributed by atoms with E-state index in [1.54, 1.807) is 34.6 Å². The minimum absolute atomic E-state index is 0.112. The van der Waals surface area contributed by atoms with Crippen LogP contribution < -0.4 is 0 Å². The van der Waals surface area contributed by atoms with Crippen LogP contribution in [0, 0.1) is 17.8 Å². The number of nitrogens with zero attached hydrogens (tertiary/aromatic N) is 2. The molecular weight excluding hydrogens is 404 g/mol. The molecule has 0 aliphatic carbocycles. The van der Waals surface area contributed by atoms with Crippen molar-refractivity contribution in [2.45, 2.75) is 43.9 Å². The summed E-state index contributed by atoms with van der Waals surface area (Å²) in [5.74, 6) is 0.145. The molecule has 0 bridgehead atoms. The predicted molar refractivity (Wildman–Crippen MR) is 113 cm³/mol. The molecule has 2 aliphatic heterocycles. The van der Waals surface area contributed by atoms with E-state index in [9.17, 15) is 18.0 Å². The second kappa shape index (κ2) is 9.92. The predicted octanol–water partition coefficient (Wildman–Crippen LogP) is 2.53. The Balaban J connectivity index is 1.57. The van der Waals surface area contributed by atoms with Crippen molar-refractivity contribution >= 4 is 21.9 Å². The average Bonchev–Trinajstić information content (AvgIpc) is 2.79. The zero-order valence-electron chi connectivity index (χ0n) is 17.8. The molecule has 0 N–H and O–H groups in total. The Kier molecular flexibility index (Phi) is 7.52. The zero-order valence-corrected chi connectivity index (χ0v) is 18.6. The van der Waals surface area contributed by atoms with Gasteiger partial charge in [0.2, 0.25) is 15.9 Å². The molecular formula is C22H32N2O5S. The number of methoxy groups -OCH3 is 1. The summed E-state index contributed by atoms with van der Waals surface area (Å²) in [6, 6.07) is 8.53. The first-order chi connectivity index (χ1) is 14.4. The lowest BCUT2D eigenvalue weighted by Gasteiger charge is -2.38. The van der Waals surface area contributed by atoms with Crippen LogP contribution in [-0.2, 0) is 24.3 Å². The Labute approximate surface area is 179 Å². The molecule has 0 aromatic heterocycles. The van der Waals surface area contributed by atoms with Gasteiger partial charge in [-0.2, -0.15) is 4.31 Å². The van der Waals surface area contributed by atoms with Crippen LogP contribution in [0.2, 0.25) is 0 Å². The fourth-order valence-electron chi connectivity index (χ4n) is 4.62. The molecule has 2 saturated heterocycles. The highest BCUT2D eigenvalue weighted by Gasteiger charge is 2.37. The molecule has 0 spiro atoms. The highest BCUT2D eigenvalue weighted by molar-refractivity contribution is 7.89. The molecule has 30 heavy (non-hydrogen) atoms. The van der Waals surface area contributed by atoms with E-state index in [0.717, 1.165) is 6.42 Å². The monoisotopic (exact) mass is 436 g/mol. The first-order valence-corrected chi connectivity index (χ1v) is 12.2. The Bertz CT molecular complexity index is 834. The Hall–Kier alpha value is -1.93. The van der Waals surface area contributed by atoms with Crippen LogP contribution in [0.5, 0.6) is 0 Å². The van der Waals surface area contributed by atoms with Crippen LogP contribution in [0.1, 0.15) is 39.0 Å². The number of amides is 1. The molecule has 1 amide bonds. The van der Waals surface area contributed by atoms with Gasteiger partial charge in [0.15, 0.2) is 0 Å². The van der Waals surface area contributed by atoms with Gasteiger partial charge >= 0.3 is 5.97 Å². The van der Waals surface area contributed by atoms with E-state index in [1.165, 1.54) is 7.11 Å². The van der Waals surface area contributed by atoms with Gasteiger partial charge in [0.05, 0.1) is 17.9 Å². The lowest BCUT2D eigenvalue weighted by molar-refractivity contribution is -0.149. The number of likely N-dealkylation sites (tertiary alicyclic amines) is 1. The Morgan fingerprint density at radius 1 is 1.03 bits per heavy atom. The lowest BCUT2D eigenvalue weighted by Crippen LogP contribution is -2.46. The average molecular weight is 437 g/mol. The minimum atomic E-state index is -3.50. The van der Waals surface area contributed by atoms with Gasteiger partial charge in [0.1, 0.15) is 0 Å². The molecule has 166 valence electrons. The van der Waals surface area contributed by atoms with E-state index in [2.05, 4.69) is 6.92 Å². The standard InChI is InChI=1S/C22H32N2O5S/c1-3-17-16-24(30(27,28)20-7-5-4-6-8-20)14-11-19(17)15-21(25)23-12-9-18(10-13-23)22(26)29-2/h4-8,17-19H,3,9-16H2,1-2H3/t17-,19-/m0/s1. The largest absolute Gasteiger partial charge is 0.469 e. The van der Waals surface area contributed by atoms with Gasteiger partial charge in [-0.1, -0.05) is 31.5 Å². The fourth-order valence-corrected chi connectivity index (χ4v) is 6.16. The molecule has 1 aromatic rings. The van der Waals surface area contributed by atoms with Crippen LogP contribution >= 0.6 is 0 Å². The van der Waals surface area contributed by atoms with Gasteiger partial charge in [-0.3, -0.25) is 9.59 Å². The topological polar surface area (TPSA) is 84.0 Å². The number of ether oxygens (including phenoxy) is 1. The van der Waals surface area contributed by atoms with Crippen molar-refractivity contribution in [3.63, 3.8) is 0 Å². The van der Waals surface area contributed by atoms with Crippen molar-refractivity contribution in [3.8, 4) is 0 Å². The van der Waals surface area contributed by atoms with E-state index < -0.39 is 10.0 Å². The number of hydrogen-bond donors (Lipinski definition) is 0. The van der Waals surface area contributed by atoms with Gasteiger partial charge in [-0.15, -0.1) is 0 Å². The second-order valence-corrected chi connectivity index (χ2v) is 10.2. The smallest absolute Gasteiger partial charge is 0.308 e. The van der Waals surface area contributed by atoms with Crippen LogP contribution in [0.15, 0.2) is 35.2 Å². The molecule has 7 nitrogen and oxygen atoms in total. The Morgan fingerprint density at radius 2 is 1.70 bits per heavy atom. The third-order valence-electron chi connectivity index (χ3n) is 6.58. The summed E-state index contributed by atoms with van der Waals surface area (Å²) in [6.45, 7) is 4.11. The van der Waals surface area contributed by atoms with E-state index in [1.807, 2.05) is 4.90 Å². The number of esters is 1. The van der Waals surface area contributed by atoms with E-state index in [-0.39, 0.29) is 29.6 Å². The van der Waals surface area contributed by atoms with Gasteiger partial charge in [0.25, 0.3) is 0 Å². The number of carbonyl (C=O) groups excluding carboxylic acids is 2. The van der Waals surface area contributed by atoms with Crippen molar-refractivity contribution in [1.29, 1.82) is 0 Å². The maximum absolute atomic E-state index is 12.9. The molecule has 2 fully saturated rings. The maximum atomic E-state index is 12.9. The van der Waals surface area contributed by atoms with E-state index in [4.69, 9.17) is 4.74 Å². The molecule has 0 saturated carbocycles. The second-order valence-electron chi connectivity index (χ2n) is 8.28. The minimum Gasteiger partial charge on any atom is -0.469 e. The fraction of sp³-hybridized carbons (Fsp3) is 0.636. The first kappa shape index (κ1) is 22.7. The highest BCUT2D eigenvalue weighted by atomic mass is 32.2. The summed E-state index contributed by atoms with van der Waals surface area (Å²) < 4.78 is 32.3.